The smallest absolute Gasteiger partial charge is 0.0224 e. The van der Waals surface area contributed by atoms with Crippen molar-refractivity contribution in [1.29, 1.82) is 0 Å². The van der Waals surface area contributed by atoms with Gasteiger partial charge < -0.3 is 0 Å². The standard InChI is InChI=1S/C7H10.2C2H6/c1-7-5-3-2-4-6-7;2*1-2/h2-5,7H,6H2,1H3;2*1-2H3. The monoisotopic (exact) mass is 154 g/mol. The minimum Gasteiger partial charge on any atom is -0.0840 e. The lowest BCUT2D eigenvalue weighted by molar-refractivity contribution is 0.737. The van der Waals surface area contributed by atoms with E-state index in [0.717, 1.165) is 5.92 Å². The third-order valence-corrected chi connectivity index (χ3v) is 1.19. The van der Waals surface area contributed by atoms with Crippen LogP contribution in [0.1, 0.15) is 41.0 Å². The first kappa shape index (κ1) is 13.1. The Morgan fingerprint density at radius 2 is 1.55 bits per heavy atom. The Hall–Kier alpha value is -0.520. The zero-order chi connectivity index (χ0) is 9.11. The lowest BCUT2D eigenvalue weighted by atomic mass is 10.0. The topological polar surface area (TPSA) is 0 Å². The number of allylic oxidation sites excluding steroid dienone is 4. The van der Waals surface area contributed by atoms with Crippen molar-refractivity contribution >= 4 is 0 Å². The highest BCUT2D eigenvalue weighted by molar-refractivity contribution is 5.09. The lowest BCUT2D eigenvalue weighted by Gasteiger charge is -2.02. The molecule has 1 aliphatic carbocycles. The van der Waals surface area contributed by atoms with Crippen LogP contribution in [-0.4, -0.2) is 0 Å². The molecule has 1 atom stereocenters. The van der Waals surface area contributed by atoms with Crippen molar-refractivity contribution in [3.05, 3.63) is 24.3 Å². The summed E-state index contributed by atoms with van der Waals surface area (Å²) < 4.78 is 0. The third-order valence-electron chi connectivity index (χ3n) is 1.19. The van der Waals surface area contributed by atoms with E-state index in [0.29, 0.717) is 0 Å². The first-order chi connectivity index (χ1) is 5.39. The molecule has 0 amide bonds. The summed E-state index contributed by atoms with van der Waals surface area (Å²) in [4.78, 5) is 0. The van der Waals surface area contributed by atoms with Crippen molar-refractivity contribution in [3.63, 3.8) is 0 Å². The number of rotatable bonds is 0. The second-order valence-corrected chi connectivity index (χ2v) is 2.03. The average Bonchev–Trinajstić information content (AvgIpc) is 2.13. The molecule has 0 saturated heterocycles. The molecule has 11 heavy (non-hydrogen) atoms. The predicted octanol–water partition coefficient (Wildman–Crippen LogP) is 4.19. The van der Waals surface area contributed by atoms with Crippen molar-refractivity contribution in [2.45, 2.75) is 41.0 Å². The van der Waals surface area contributed by atoms with Crippen LogP contribution in [0, 0.1) is 5.92 Å². The van der Waals surface area contributed by atoms with Crippen LogP contribution in [0.15, 0.2) is 24.3 Å². The SMILES string of the molecule is CC.CC.CC1C=CC=CC1. The molecular formula is C11H22. The molecular weight excluding hydrogens is 132 g/mol. The van der Waals surface area contributed by atoms with Gasteiger partial charge in [0.05, 0.1) is 0 Å². The van der Waals surface area contributed by atoms with Gasteiger partial charge in [-0.25, -0.2) is 0 Å². The molecule has 0 fully saturated rings. The lowest BCUT2D eigenvalue weighted by Crippen LogP contribution is -1.87. The summed E-state index contributed by atoms with van der Waals surface area (Å²) in [6.45, 7) is 10.2. The molecule has 1 aliphatic rings. The van der Waals surface area contributed by atoms with Gasteiger partial charge in [-0.15, -0.1) is 0 Å². The maximum Gasteiger partial charge on any atom is -0.0224 e. The Balaban J connectivity index is 0. The molecule has 0 aromatic heterocycles. The fourth-order valence-electron chi connectivity index (χ4n) is 0.704. The largest absolute Gasteiger partial charge is 0.0840 e. The van der Waals surface area contributed by atoms with E-state index < -0.39 is 0 Å². The number of hydrogen-bond donors (Lipinski definition) is 0. The van der Waals surface area contributed by atoms with E-state index in [1.807, 2.05) is 27.7 Å². The first-order valence-corrected chi connectivity index (χ1v) is 4.73. The van der Waals surface area contributed by atoms with Gasteiger partial charge >= 0.3 is 0 Å². The maximum absolute atomic E-state index is 2.22. The molecule has 0 nitrogen and oxygen atoms in total. The molecule has 0 bridgehead atoms. The van der Waals surface area contributed by atoms with E-state index in [-0.39, 0.29) is 0 Å². The molecule has 0 aliphatic heterocycles. The van der Waals surface area contributed by atoms with E-state index in [1.165, 1.54) is 6.42 Å². The van der Waals surface area contributed by atoms with Gasteiger partial charge in [0, 0.05) is 0 Å². The molecule has 0 aromatic carbocycles. The predicted molar refractivity (Wildman–Crippen MR) is 54.8 cm³/mol. The molecule has 0 spiro atoms. The molecule has 0 heterocycles. The molecule has 0 N–H and O–H groups in total. The first-order valence-electron chi connectivity index (χ1n) is 4.73. The minimum atomic E-state index is 0.769. The zero-order valence-electron chi connectivity index (χ0n) is 8.59. The normalized spacial score (nSPS) is 19.2. The second kappa shape index (κ2) is 12.2. The van der Waals surface area contributed by atoms with Gasteiger partial charge in [-0.05, 0) is 12.3 Å². The second-order valence-electron chi connectivity index (χ2n) is 2.03. The van der Waals surface area contributed by atoms with Crippen molar-refractivity contribution in [2.24, 2.45) is 5.92 Å². The van der Waals surface area contributed by atoms with Crippen LogP contribution in [0.4, 0.5) is 0 Å². The zero-order valence-corrected chi connectivity index (χ0v) is 8.59. The van der Waals surface area contributed by atoms with Crippen LogP contribution in [0.3, 0.4) is 0 Å². The van der Waals surface area contributed by atoms with Gasteiger partial charge in [0.15, 0.2) is 0 Å². The molecule has 1 rings (SSSR count). The summed E-state index contributed by atoms with van der Waals surface area (Å²) >= 11 is 0. The maximum atomic E-state index is 2.22. The van der Waals surface area contributed by atoms with Crippen LogP contribution >= 0.6 is 0 Å². The van der Waals surface area contributed by atoms with E-state index >= 15 is 0 Å². The molecule has 0 heteroatoms. The van der Waals surface area contributed by atoms with Crippen LogP contribution < -0.4 is 0 Å². The van der Waals surface area contributed by atoms with E-state index in [4.69, 9.17) is 0 Å². The quantitative estimate of drug-likeness (QED) is 0.490. The van der Waals surface area contributed by atoms with Crippen LogP contribution in [0.5, 0.6) is 0 Å². The summed E-state index contributed by atoms with van der Waals surface area (Å²) in [5.74, 6) is 0.769. The summed E-state index contributed by atoms with van der Waals surface area (Å²) in [5.41, 5.74) is 0. The number of hydrogen-bond acceptors (Lipinski definition) is 0. The third kappa shape index (κ3) is 9.48. The van der Waals surface area contributed by atoms with Crippen LogP contribution in [0.25, 0.3) is 0 Å². The van der Waals surface area contributed by atoms with Crippen LogP contribution in [-0.2, 0) is 0 Å². The fraction of sp³-hybridized carbons (Fsp3) is 0.636. The van der Waals surface area contributed by atoms with Gasteiger partial charge in [-0.1, -0.05) is 58.9 Å². The Morgan fingerprint density at radius 3 is 1.73 bits per heavy atom. The van der Waals surface area contributed by atoms with Gasteiger partial charge in [-0.2, -0.15) is 0 Å². The van der Waals surface area contributed by atoms with Gasteiger partial charge in [0.25, 0.3) is 0 Å². The van der Waals surface area contributed by atoms with E-state index in [2.05, 4.69) is 31.2 Å². The van der Waals surface area contributed by atoms with Gasteiger partial charge in [0.2, 0.25) is 0 Å². The van der Waals surface area contributed by atoms with Crippen molar-refractivity contribution in [3.8, 4) is 0 Å². The van der Waals surface area contributed by atoms with E-state index in [1.54, 1.807) is 0 Å². The van der Waals surface area contributed by atoms with Gasteiger partial charge in [-0.3, -0.25) is 0 Å². The Morgan fingerprint density at radius 1 is 1.00 bits per heavy atom. The highest BCUT2D eigenvalue weighted by atomic mass is 14.0. The average molecular weight is 154 g/mol. The summed E-state index contributed by atoms with van der Waals surface area (Å²) in [7, 11) is 0. The summed E-state index contributed by atoms with van der Waals surface area (Å²) in [6, 6.07) is 0. The van der Waals surface area contributed by atoms with Gasteiger partial charge in [0.1, 0.15) is 0 Å². The van der Waals surface area contributed by atoms with Crippen LogP contribution in [0.2, 0.25) is 0 Å². The molecule has 0 saturated carbocycles. The van der Waals surface area contributed by atoms with Crippen molar-refractivity contribution in [2.75, 3.05) is 0 Å². The van der Waals surface area contributed by atoms with Crippen molar-refractivity contribution < 1.29 is 0 Å². The molecule has 66 valence electrons. The minimum absolute atomic E-state index is 0.769. The summed E-state index contributed by atoms with van der Waals surface area (Å²) in [5, 5.41) is 0. The highest BCUT2D eigenvalue weighted by Crippen LogP contribution is 2.08. The van der Waals surface area contributed by atoms with E-state index in [9.17, 15) is 0 Å². The summed E-state index contributed by atoms with van der Waals surface area (Å²) in [6.07, 6.45) is 9.84. The molecule has 0 aromatic rings. The highest BCUT2D eigenvalue weighted by Gasteiger charge is 1.93. The Kier molecular flexibility index (Phi) is 14.5. The Labute approximate surface area is 72.0 Å². The van der Waals surface area contributed by atoms with Crippen molar-refractivity contribution in [1.82, 2.24) is 0 Å². The fourth-order valence-corrected chi connectivity index (χ4v) is 0.704. The molecule has 0 radical (unpaired) electrons. The Bertz CT molecular complexity index is 98.6. The molecule has 1 unspecified atom stereocenters.